The molecule has 21 heavy (non-hydrogen) atoms. The Kier molecular flexibility index (Phi) is 3.23. The molecule has 3 aromatic rings. The van der Waals surface area contributed by atoms with E-state index in [2.05, 4.69) is 15.3 Å². The zero-order valence-electron chi connectivity index (χ0n) is 11.4. The monoisotopic (exact) mass is 279 g/mol. The van der Waals surface area contributed by atoms with Crippen molar-refractivity contribution in [2.24, 2.45) is 0 Å². The van der Waals surface area contributed by atoms with E-state index in [1.807, 2.05) is 31.2 Å². The van der Waals surface area contributed by atoms with E-state index in [1.165, 1.54) is 6.20 Å². The minimum Gasteiger partial charge on any atom is -0.478 e. The minimum atomic E-state index is -1.01. The van der Waals surface area contributed by atoms with E-state index in [0.717, 1.165) is 22.2 Å². The number of nitrogens with zero attached hydrogens (tertiary/aromatic N) is 2. The Hall–Kier alpha value is -2.95. The molecule has 0 saturated carbocycles. The van der Waals surface area contributed by atoms with Crippen LogP contribution < -0.4 is 5.32 Å². The molecule has 0 aliphatic heterocycles. The van der Waals surface area contributed by atoms with Gasteiger partial charge in [-0.1, -0.05) is 12.1 Å². The Balaban J connectivity index is 2.11. The predicted octanol–water partition coefficient (Wildman–Crippen LogP) is 3.38. The smallest absolute Gasteiger partial charge is 0.339 e. The lowest BCUT2D eigenvalue weighted by Crippen LogP contribution is -2.04. The van der Waals surface area contributed by atoms with Crippen LogP contribution in [0.25, 0.3) is 10.8 Å². The van der Waals surface area contributed by atoms with Crippen LogP contribution in [0.1, 0.15) is 16.1 Å². The van der Waals surface area contributed by atoms with Gasteiger partial charge in [0.15, 0.2) is 0 Å². The second kappa shape index (κ2) is 5.20. The number of benzene rings is 1. The molecular weight excluding hydrogens is 266 g/mol. The van der Waals surface area contributed by atoms with Gasteiger partial charge in [0.1, 0.15) is 5.56 Å². The summed E-state index contributed by atoms with van der Waals surface area (Å²) in [4.78, 5) is 19.4. The number of carboxylic acids is 1. The first-order valence-corrected chi connectivity index (χ1v) is 6.45. The van der Waals surface area contributed by atoms with Gasteiger partial charge in [0.2, 0.25) is 0 Å². The molecule has 0 fully saturated rings. The third-order valence-electron chi connectivity index (χ3n) is 3.22. The van der Waals surface area contributed by atoms with Gasteiger partial charge in [-0.3, -0.25) is 9.97 Å². The molecule has 0 spiro atoms. The summed E-state index contributed by atoms with van der Waals surface area (Å²) in [6.07, 6.45) is 4.85. The minimum absolute atomic E-state index is 0.145. The molecule has 5 nitrogen and oxygen atoms in total. The molecule has 1 aromatic carbocycles. The average molecular weight is 279 g/mol. The molecule has 5 heteroatoms. The second-order valence-electron chi connectivity index (χ2n) is 4.70. The lowest BCUT2D eigenvalue weighted by Gasteiger charge is -2.12. The first-order valence-electron chi connectivity index (χ1n) is 6.45. The summed E-state index contributed by atoms with van der Waals surface area (Å²) in [5.41, 5.74) is 2.26. The quantitative estimate of drug-likeness (QED) is 0.768. The molecule has 2 heterocycles. The van der Waals surface area contributed by atoms with Gasteiger partial charge in [-0.2, -0.15) is 0 Å². The lowest BCUT2D eigenvalue weighted by atomic mass is 10.1. The number of aromatic nitrogens is 2. The van der Waals surface area contributed by atoms with E-state index >= 15 is 0 Å². The number of aromatic carboxylic acids is 1. The largest absolute Gasteiger partial charge is 0.478 e. The van der Waals surface area contributed by atoms with E-state index in [1.54, 1.807) is 18.5 Å². The molecule has 0 atom stereocenters. The molecule has 0 unspecified atom stereocenters. The van der Waals surface area contributed by atoms with Crippen molar-refractivity contribution in [1.82, 2.24) is 9.97 Å². The van der Waals surface area contributed by atoms with Gasteiger partial charge in [-0.15, -0.1) is 0 Å². The summed E-state index contributed by atoms with van der Waals surface area (Å²) in [7, 11) is 0. The number of pyridine rings is 2. The number of anilines is 2. The summed E-state index contributed by atoms with van der Waals surface area (Å²) >= 11 is 0. The number of carbonyl (C=O) groups is 1. The van der Waals surface area contributed by atoms with Crippen molar-refractivity contribution >= 4 is 28.1 Å². The zero-order valence-corrected chi connectivity index (χ0v) is 11.4. The van der Waals surface area contributed by atoms with Gasteiger partial charge in [0.25, 0.3) is 0 Å². The van der Waals surface area contributed by atoms with Crippen LogP contribution >= 0.6 is 0 Å². The van der Waals surface area contributed by atoms with Crippen molar-refractivity contribution < 1.29 is 9.90 Å². The Labute approximate surface area is 121 Å². The fourth-order valence-corrected chi connectivity index (χ4v) is 2.21. The molecule has 0 bridgehead atoms. The van der Waals surface area contributed by atoms with E-state index in [0.29, 0.717) is 5.69 Å². The van der Waals surface area contributed by atoms with Crippen molar-refractivity contribution in [1.29, 1.82) is 0 Å². The number of rotatable bonds is 3. The van der Waals surface area contributed by atoms with Gasteiger partial charge >= 0.3 is 5.97 Å². The number of hydrogen-bond acceptors (Lipinski definition) is 4. The molecule has 0 aliphatic carbocycles. The van der Waals surface area contributed by atoms with Crippen molar-refractivity contribution in [2.45, 2.75) is 6.92 Å². The van der Waals surface area contributed by atoms with Crippen LogP contribution in [-0.4, -0.2) is 21.0 Å². The van der Waals surface area contributed by atoms with Crippen LogP contribution in [0.2, 0.25) is 0 Å². The van der Waals surface area contributed by atoms with Crippen LogP contribution in [0.5, 0.6) is 0 Å². The molecule has 0 radical (unpaired) electrons. The maximum Gasteiger partial charge on any atom is 0.339 e. The van der Waals surface area contributed by atoms with Crippen LogP contribution in [0.15, 0.2) is 48.9 Å². The molecule has 2 N–H and O–H groups in total. The molecule has 2 aromatic heterocycles. The fraction of sp³-hybridized carbons (Fsp3) is 0.0625. The second-order valence-corrected chi connectivity index (χ2v) is 4.70. The highest BCUT2D eigenvalue weighted by molar-refractivity contribution is 5.99. The Morgan fingerprint density at radius 2 is 2.05 bits per heavy atom. The molecule has 0 saturated heterocycles. The summed E-state index contributed by atoms with van der Waals surface area (Å²) in [6.45, 7) is 1.82. The first kappa shape index (κ1) is 13.1. The van der Waals surface area contributed by atoms with Crippen molar-refractivity contribution in [2.75, 3.05) is 5.32 Å². The maximum atomic E-state index is 11.3. The Bertz CT molecular complexity index is 825. The van der Waals surface area contributed by atoms with E-state index in [-0.39, 0.29) is 5.56 Å². The summed E-state index contributed by atoms with van der Waals surface area (Å²) in [5.74, 6) is -1.01. The van der Waals surface area contributed by atoms with E-state index in [4.69, 9.17) is 0 Å². The zero-order chi connectivity index (χ0) is 14.8. The number of hydrogen-bond donors (Lipinski definition) is 2. The number of fused-ring (bicyclic) bond motifs is 1. The Morgan fingerprint density at radius 1 is 1.19 bits per heavy atom. The summed E-state index contributed by atoms with van der Waals surface area (Å²) < 4.78 is 0. The van der Waals surface area contributed by atoms with Gasteiger partial charge in [0, 0.05) is 40.7 Å². The number of aryl methyl sites for hydroxylation is 1. The summed E-state index contributed by atoms with van der Waals surface area (Å²) in [5, 5.41) is 14.4. The van der Waals surface area contributed by atoms with Crippen LogP contribution in [0, 0.1) is 6.92 Å². The maximum absolute atomic E-state index is 11.3. The molecule has 0 amide bonds. The summed E-state index contributed by atoms with van der Waals surface area (Å²) in [6, 6.07) is 9.39. The topological polar surface area (TPSA) is 75.1 Å². The number of carboxylic acid groups (broad SMARTS) is 1. The van der Waals surface area contributed by atoms with E-state index < -0.39 is 5.97 Å². The van der Waals surface area contributed by atoms with Crippen molar-refractivity contribution in [3.05, 3.63) is 60.2 Å². The first-order chi connectivity index (χ1) is 10.1. The van der Waals surface area contributed by atoms with Crippen molar-refractivity contribution in [3.63, 3.8) is 0 Å². The van der Waals surface area contributed by atoms with Gasteiger partial charge in [-0.05, 0) is 25.1 Å². The van der Waals surface area contributed by atoms with E-state index in [9.17, 15) is 9.90 Å². The van der Waals surface area contributed by atoms with Gasteiger partial charge in [0.05, 0.1) is 5.69 Å². The molecule has 3 rings (SSSR count). The lowest BCUT2D eigenvalue weighted by molar-refractivity contribution is 0.0697. The molecule has 104 valence electrons. The Morgan fingerprint density at radius 3 is 2.86 bits per heavy atom. The van der Waals surface area contributed by atoms with Crippen LogP contribution in [0.4, 0.5) is 11.4 Å². The predicted molar refractivity (Wildman–Crippen MR) is 81.0 cm³/mol. The number of nitrogens with one attached hydrogen (secondary N) is 1. The highest BCUT2D eigenvalue weighted by Crippen LogP contribution is 2.27. The van der Waals surface area contributed by atoms with Crippen LogP contribution in [0.3, 0.4) is 0 Å². The molecule has 0 aliphatic rings. The van der Waals surface area contributed by atoms with Gasteiger partial charge in [-0.25, -0.2) is 4.79 Å². The SMILES string of the molecule is Cc1cc(Nc2cccc3cnccc23)c(C(=O)O)cn1. The third-order valence-corrected chi connectivity index (χ3v) is 3.22. The highest BCUT2D eigenvalue weighted by atomic mass is 16.4. The fourth-order valence-electron chi connectivity index (χ4n) is 2.21. The standard InChI is InChI=1S/C16H13N3O2/c1-10-7-15(13(9-18-10)16(20)21)19-14-4-2-3-11-8-17-6-5-12(11)14/h2-9H,1H3,(H,18,19)(H,20,21). The molecular formula is C16H13N3O2. The third kappa shape index (κ3) is 2.53. The normalized spacial score (nSPS) is 10.5. The highest BCUT2D eigenvalue weighted by Gasteiger charge is 2.12. The van der Waals surface area contributed by atoms with Crippen molar-refractivity contribution in [3.8, 4) is 0 Å². The van der Waals surface area contributed by atoms with Gasteiger partial charge < -0.3 is 10.4 Å². The average Bonchev–Trinajstić information content (AvgIpc) is 2.47. The van der Waals surface area contributed by atoms with Crippen LogP contribution in [-0.2, 0) is 0 Å².